The quantitative estimate of drug-likeness (QED) is 0.121. The molecule has 3 fully saturated rings. The van der Waals surface area contributed by atoms with Crippen molar-refractivity contribution in [3.8, 4) is 0 Å². The van der Waals surface area contributed by atoms with E-state index in [4.69, 9.17) is 23.7 Å². The van der Waals surface area contributed by atoms with Crippen LogP contribution in [0, 0.1) is 29.6 Å². The Hall–Kier alpha value is -4.18. The number of allylic oxidation sites excluding steroid dienone is 4. The number of carbonyl (C=O) groups is 4. The SMILES string of the molecule is C=CCC1/C=C(\C)CC(C)CC(OC)C2OC(O)(C(=O)C(=O)N3CCCCC3C(=O)OC(C(C)=CC3CCC(Nc4ccc5c(ccn5C)c4)C(OCC)C3)C(C)C(O)CC1=O)C(C)CC2OC. The third-order valence-electron chi connectivity index (χ3n) is 15.2. The molecule has 14 unspecified atom stereocenters. The van der Waals surface area contributed by atoms with Crippen LogP contribution in [-0.2, 0) is 49.9 Å². The van der Waals surface area contributed by atoms with E-state index in [1.54, 1.807) is 19.9 Å². The fraction of sp³-hybridized carbons (Fsp3) is 0.667. The zero-order valence-electron chi connectivity index (χ0n) is 42.0. The Morgan fingerprint density at radius 2 is 1.72 bits per heavy atom. The first-order valence-corrected chi connectivity index (χ1v) is 25.0. The van der Waals surface area contributed by atoms with E-state index >= 15 is 0 Å². The second-order valence-electron chi connectivity index (χ2n) is 20.4. The first kappa shape index (κ1) is 53.2. The third kappa shape index (κ3) is 12.2. The van der Waals surface area contributed by atoms with Crippen LogP contribution in [0.25, 0.3) is 10.9 Å². The van der Waals surface area contributed by atoms with Crippen molar-refractivity contribution in [1.29, 1.82) is 0 Å². The fourth-order valence-electron chi connectivity index (χ4n) is 11.3. The monoisotopic (exact) mass is 946 g/mol. The number of Topliss-reactive ketones (excluding diaryl/α,β-unsaturated/α-hetero) is 2. The van der Waals surface area contributed by atoms with Gasteiger partial charge < -0.3 is 48.7 Å². The number of benzene rings is 1. The number of carbonyl (C=O) groups excluding carboxylic acids is 4. The average Bonchev–Trinajstić information content (AvgIpc) is 3.69. The second-order valence-corrected chi connectivity index (χ2v) is 20.4. The number of anilines is 1. The van der Waals surface area contributed by atoms with Gasteiger partial charge in [0.2, 0.25) is 5.79 Å². The summed E-state index contributed by atoms with van der Waals surface area (Å²) in [5, 5.41) is 29.0. The molecular formula is C54H79N3O11. The molecule has 14 atom stereocenters. The van der Waals surface area contributed by atoms with Crippen molar-refractivity contribution in [3.05, 3.63) is 66.4 Å². The van der Waals surface area contributed by atoms with E-state index in [-0.39, 0.29) is 55.6 Å². The number of aliphatic hydroxyl groups is 2. The lowest BCUT2D eigenvalue weighted by Gasteiger charge is -2.47. The number of hydrogen-bond donors (Lipinski definition) is 3. The maximum Gasteiger partial charge on any atom is 0.329 e. The molecule has 68 heavy (non-hydrogen) atoms. The smallest absolute Gasteiger partial charge is 0.329 e. The number of piperidine rings is 1. The number of amides is 1. The van der Waals surface area contributed by atoms with Crippen molar-refractivity contribution in [2.45, 2.75) is 167 Å². The number of methoxy groups -OCH3 is 2. The molecule has 4 heterocycles. The lowest BCUT2D eigenvalue weighted by molar-refractivity contribution is -0.302. The van der Waals surface area contributed by atoms with Gasteiger partial charge in [0, 0.05) is 81.4 Å². The van der Waals surface area contributed by atoms with Gasteiger partial charge in [0.05, 0.1) is 30.5 Å². The fourth-order valence-corrected chi connectivity index (χ4v) is 11.3. The van der Waals surface area contributed by atoms with Gasteiger partial charge in [-0.25, -0.2) is 4.79 Å². The largest absolute Gasteiger partial charge is 0.456 e. The summed E-state index contributed by atoms with van der Waals surface area (Å²) in [5.41, 5.74) is 3.86. The van der Waals surface area contributed by atoms with Crippen LogP contribution in [0.1, 0.15) is 112 Å². The molecule has 0 radical (unpaired) electrons. The molecule has 14 nitrogen and oxygen atoms in total. The van der Waals surface area contributed by atoms with Crippen molar-refractivity contribution in [2.75, 3.05) is 32.7 Å². The summed E-state index contributed by atoms with van der Waals surface area (Å²) in [6.07, 6.45) is 8.63. The van der Waals surface area contributed by atoms with Crippen LogP contribution >= 0.6 is 0 Å². The Bertz CT molecular complexity index is 2150. The molecule has 1 saturated carbocycles. The number of aliphatic hydroxyl groups excluding tert-OH is 1. The van der Waals surface area contributed by atoms with Gasteiger partial charge in [0.1, 0.15) is 24.0 Å². The van der Waals surface area contributed by atoms with Gasteiger partial charge >= 0.3 is 5.97 Å². The predicted octanol–water partition coefficient (Wildman–Crippen LogP) is 7.64. The lowest BCUT2D eigenvalue weighted by Crippen LogP contribution is -2.64. The Morgan fingerprint density at radius 3 is 2.43 bits per heavy atom. The first-order chi connectivity index (χ1) is 32.4. The van der Waals surface area contributed by atoms with Gasteiger partial charge in [-0.3, -0.25) is 14.4 Å². The maximum atomic E-state index is 14.6. The minimum Gasteiger partial charge on any atom is -0.456 e. The van der Waals surface area contributed by atoms with Gasteiger partial charge in [0.15, 0.2) is 0 Å². The summed E-state index contributed by atoms with van der Waals surface area (Å²) in [7, 11) is 5.11. The lowest BCUT2D eigenvalue weighted by atomic mass is 9.80. The molecule has 376 valence electrons. The summed E-state index contributed by atoms with van der Waals surface area (Å²) < 4.78 is 33.0. The van der Waals surface area contributed by atoms with Crippen LogP contribution in [0.3, 0.4) is 0 Å². The highest BCUT2D eigenvalue weighted by molar-refractivity contribution is 6.39. The highest BCUT2D eigenvalue weighted by Crippen LogP contribution is 2.40. The standard InChI is InChI=1S/C54H79N3O11/c1-11-15-39-25-32(3)24-33(4)26-47(64-9)50-48(65-10)28-35(6)54(63,68-50)51(60)52(61)57-22-14-13-16-43(57)53(62)67-49(36(7)44(58)31-45(39)59)34(5)27-37-17-19-41(46(29-37)66-12-2)55-40-18-20-42-38(30-40)21-23-56(42)8/h11,18,20-21,23,25,27,30,33,35-37,39,41,43-44,46-50,55,58,63H,1,12-17,19,22,24,26,28-29,31H2,2-10H3/b32-25+,34-27?. The van der Waals surface area contributed by atoms with E-state index in [2.05, 4.69) is 59.9 Å². The molecule has 1 amide bonds. The van der Waals surface area contributed by atoms with Crippen molar-refractivity contribution >= 4 is 40.0 Å². The number of aromatic nitrogens is 1. The Labute approximate surface area is 403 Å². The van der Waals surface area contributed by atoms with Crippen molar-refractivity contribution in [1.82, 2.24) is 9.47 Å². The summed E-state index contributed by atoms with van der Waals surface area (Å²) >= 11 is 0. The number of hydrogen-bond acceptors (Lipinski definition) is 12. The average molecular weight is 946 g/mol. The zero-order chi connectivity index (χ0) is 49.4. The molecule has 2 aromatic rings. The van der Waals surface area contributed by atoms with E-state index in [1.165, 1.54) is 19.1 Å². The highest BCUT2D eigenvalue weighted by atomic mass is 16.7. The molecule has 14 heteroatoms. The Kier molecular flexibility index (Phi) is 18.5. The number of fused-ring (bicyclic) bond motifs is 4. The Morgan fingerprint density at radius 1 is 0.985 bits per heavy atom. The molecular weight excluding hydrogens is 867 g/mol. The van der Waals surface area contributed by atoms with Crippen LogP contribution < -0.4 is 5.32 Å². The van der Waals surface area contributed by atoms with Crippen LogP contribution in [0.5, 0.6) is 0 Å². The normalized spacial score (nSPS) is 36.3. The number of ketones is 2. The number of cyclic esters (lactones) is 1. The Balaban J connectivity index is 1.32. The van der Waals surface area contributed by atoms with E-state index in [0.717, 1.165) is 35.0 Å². The topological polar surface area (TPSA) is 175 Å². The molecule has 4 aliphatic rings. The first-order valence-electron chi connectivity index (χ1n) is 25.0. The summed E-state index contributed by atoms with van der Waals surface area (Å²) in [4.78, 5) is 58.8. The van der Waals surface area contributed by atoms with E-state index in [0.29, 0.717) is 50.7 Å². The van der Waals surface area contributed by atoms with Gasteiger partial charge in [-0.05, 0) is 127 Å². The number of aryl methyl sites for hydroxylation is 1. The van der Waals surface area contributed by atoms with Gasteiger partial charge in [-0.2, -0.15) is 0 Å². The van der Waals surface area contributed by atoms with E-state index in [9.17, 15) is 29.4 Å². The van der Waals surface area contributed by atoms with Crippen LogP contribution in [-0.4, -0.2) is 125 Å². The predicted molar refractivity (Wildman–Crippen MR) is 262 cm³/mol. The summed E-state index contributed by atoms with van der Waals surface area (Å²) in [5.74, 6) is -7.64. The van der Waals surface area contributed by atoms with Crippen molar-refractivity contribution in [2.24, 2.45) is 36.6 Å². The maximum absolute atomic E-state index is 14.6. The molecule has 1 aromatic heterocycles. The molecule has 6 rings (SSSR count). The van der Waals surface area contributed by atoms with Crippen LogP contribution in [0.4, 0.5) is 5.69 Å². The second kappa shape index (κ2) is 23.6. The molecule has 3 aliphatic heterocycles. The minimum absolute atomic E-state index is 0.00816. The van der Waals surface area contributed by atoms with Gasteiger partial charge in [0.25, 0.3) is 11.7 Å². The van der Waals surface area contributed by atoms with Gasteiger partial charge in [-0.1, -0.05) is 44.6 Å². The molecule has 3 N–H and O–H groups in total. The van der Waals surface area contributed by atoms with Gasteiger partial charge in [-0.15, -0.1) is 6.58 Å². The minimum atomic E-state index is -2.51. The van der Waals surface area contributed by atoms with E-state index in [1.807, 2.05) is 33.9 Å². The summed E-state index contributed by atoms with van der Waals surface area (Å²) in [6, 6.07) is 7.40. The molecule has 2 bridgehead atoms. The van der Waals surface area contributed by atoms with Crippen molar-refractivity contribution < 1.29 is 53.1 Å². The number of esters is 1. The number of ether oxygens (including phenoxy) is 5. The van der Waals surface area contributed by atoms with Crippen LogP contribution in [0.15, 0.2) is 66.4 Å². The third-order valence-corrected chi connectivity index (χ3v) is 15.2. The molecule has 0 spiro atoms. The highest BCUT2D eigenvalue weighted by Gasteiger charge is 2.56. The van der Waals surface area contributed by atoms with Crippen molar-refractivity contribution in [3.63, 3.8) is 0 Å². The van der Waals surface area contributed by atoms with E-state index < -0.39 is 77.8 Å². The molecule has 1 aromatic carbocycles. The van der Waals surface area contributed by atoms with Crippen LogP contribution in [0.2, 0.25) is 0 Å². The summed E-state index contributed by atoms with van der Waals surface area (Å²) in [6.45, 7) is 15.9. The molecule has 1 aliphatic carbocycles. The zero-order valence-corrected chi connectivity index (χ0v) is 42.0. The number of nitrogens with one attached hydrogen (secondary N) is 1. The number of rotatable bonds is 10. The number of nitrogens with zero attached hydrogens (tertiary/aromatic N) is 2. The molecule has 2 saturated heterocycles.